The van der Waals surface area contributed by atoms with E-state index in [0.29, 0.717) is 48.8 Å². The zero-order chi connectivity index (χ0) is 23.5. The van der Waals surface area contributed by atoms with Crippen molar-refractivity contribution in [2.24, 2.45) is 0 Å². The van der Waals surface area contributed by atoms with Crippen LogP contribution in [0.25, 0.3) is 10.8 Å². The quantitative estimate of drug-likeness (QED) is 0.482. The van der Waals surface area contributed by atoms with E-state index in [4.69, 9.17) is 0 Å². The maximum absolute atomic E-state index is 13.5. The lowest BCUT2D eigenvalue weighted by Crippen LogP contribution is -2.47. The lowest BCUT2D eigenvalue weighted by atomic mass is 10.0. The summed E-state index contributed by atoms with van der Waals surface area (Å²) < 4.78 is 1.37. The molecule has 8 heteroatoms. The Bertz CT molecular complexity index is 1370. The Balaban J connectivity index is 1.36. The molecule has 5 rings (SSSR count). The molecule has 2 aromatic heterocycles. The SMILES string of the molecule is O=C(NC1CCN(C(=O)c2nn(Cc3ccccc3)c(=O)c3ccccc23)CC1)c1ccsc1. The molecular weight excluding hydrogens is 448 g/mol. The summed E-state index contributed by atoms with van der Waals surface area (Å²) in [4.78, 5) is 40.7. The molecule has 34 heavy (non-hydrogen) atoms. The molecule has 1 N–H and O–H groups in total. The van der Waals surface area contributed by atoms with Crippen LogP contribution in [0.15, 0.2) is 76.2 Å². The van der Waals surface area contributed by atoms with Crippen LogP contribution in [0.1, 0.15) is 39.3 Å². The second-order valence-electron chi connectivity index (χ2n) is 8.39. The number of likely N-dealkylation sites (tertiary alicyclic amines) is 1. The molecule has 1 aliphatic rings. The van der Waals surface area contributed by atoms with Gasteiger partial charge in [-0.15, -0.1) is 0 Å². The molecule has 0 bridgehead atoms. The number of amides is 2. The van der Waals surface area contributed by atoms with Gasteiger partial charge in [-0.2, -0.15) is 16.4 Å². The van der Waals surface area contributed by atoms with E-state index >= 15 is 0 Å². The average molecular weight is 473 g/mol. The molecule has 2 aromatic carbocycles. The fraction of sp³-hybridized carbons (Fsp3) is 0.231. The van der Waals surface area contributed by atoms with E-state index in [1.54, 1.807) is 29.2 Å². The Labute approximate surface area is 200 Å². The number of carbonyl (C=O) groups is 2. The summed E-state index contributed by atoms with van der Waals surface area (Å²) in [5, 5.41) is 12.3. The molecule has 2 amide bonds. The number of aromatic nitrogens is 2. The molecule has 1 aliphatic heterocycles. The Morgan fingerprint density at radius 1 is 0.971 bits per heavy atom. The Morgan fingerprint density at radius 3 is 2.38 bits per heavy atom. The summed E-state index contributed by atoms with van der Waals surface area (Å²) in [6, 6.07) is 18.6. The van der Waals surface area contributed by atoms with Gasteiger partial charge in [0.1, 0.15) is 0 Å². The van der Waals surface area contributed by atoms with Gasteiger partial charge in [0.05, 0.1) is 11.9 Å². The Morgan fingerprint density at radius 2 is 1.68 bits per heavy atom. The van der Waals surface area contributed by atoms with Gasteiger partial charge in [0.15, 0.2) is 5.69 Å². The van der Waals surface area contributed by atoms with Crippen LogP contribution in [0.4, 0.5) is 0 Å². The van der Waals surface area contributed by atoms with E-state index in [1.807, 2.05) is 47.2 Å². The largest absolute Gasteiger partial charge is 0.349 e. The van der Waals surface area contributed by atoms with Crippen LogP contribution in [0, 0.1) is 0 Å². The van der Waals surface area contributed by atoms with Crippen molar-refractivity contribution >= 4 is 33.9 Å². The molecule has 0 radical (unpaired) electrons. The van der Waals surface area contributed by atoms with Crippen LogP contribution in [0.3, 0.4) is 0 Å². The van der Waals surface area contributed by atoms with Crippen LogP contribution in [0.2, 0.25) is 0 Å². The molecule has 7 nitrogen and oxygen atoms in total. The lowest BCUT2D eigenvalue weighted by Gasteiger charge is -2.32. The van der Waals surface area contributed by atoms with E-state index in [0.717, 1.165) is 5.56 Å². The molecule has 1 fully saturated rings. The van der Waals surface area contributed by atoms with Crippen LogP contribution >= 0.6 is 11.3 Å². The first-order chi connectivity index (χ1) is 16.6. The maximum atomic E-state index is 13.5. The predicted octanol–water partition coefficient (Wildman–Crippen LogP) is 3.54. The summed E-state index contributed by atoms with van der Waals surface area (Å²) in [7, 11) is 0. The normalized spacial score (nSPS) is 14.3. The maximum Gasteiger partial charge on any atom is 0.274 e. The molecule has 0 aliphatic carbocycles. The molecule has 4 aromatic rings. The Kier molecular flexibility index (Phi) is 6.22. The molecule has 172 valence electrons. The number of hydrogen-bond donors (Lipinski definition) is 1. The highest BCUT2D eigenvalue weighted by atomic mass is 32.1. The minimum Gasteiger partial charge on any atom is -0.349 e. The molecule has 0 unspecified atom stereocenters. The first kappa shape index (κ1) is 22.0. The third-order valence-corrected chi connectivity index (χ3v) is 6.83. The number of piperidine rings is 1. The van der Waals surface area contributed by atoms with E-state index in [-0.39, 0.29) is 29.1 Å². The van der Waals surface area contributed by atoms with Gasteiger partial charge in [-0.05, 0) is 35.9 Å². The number of thiophene rings is 1. The van der Waals surface area contributed by atoms with Crippen LogP contribution in [-0.4, -0.2) is 45.6 Å². The second-order valence-corrected chi connectivity index (χ2v) is 9.17. The third kappa shape index (κ3) is 4.49. The van der Waals surface area contributed by atoms with Gasteiger partial charge in [-0.25, -0.2) is 4.68 Å². The molecule has 0 atom stereocenters. The molecule has 0 spiro atoms. The molecular formula is C26H24N4O3S. The third-order valence-electron chi connectivity index (χ3n) is 6.15. The van der Waals surface area contributed by atoms with Gasteiger partial charge in [0.2, 0.25) is 0 Å². The fourth-order valence-electron chi connectivity index (χ4n) is 4.30. The minimum atomic E-state index is -0.217. The number of nitrogens with zero attached hydrogens (tertiary/aromatic N) is 3. The minimum absolute atomic E-state index is 0.0215. The average Bonchev–Trinajstić information content (AvgIpc) is 3.42. The zero-order valence-electron chi connectivity index (χ0n) is 18.5. The summed E-state index contributed by atoms with van der Waals surface area (Å²) in [6.07, 6.45) is 1.34. The number of carbonyl (C=O) groups excluding carboxylic acids is 2. The monoisotopic (exact) mass is 472 g/mol. The smallest absolute Gasteiger partial charge is 0.274 e. The van der Waals surface area contributed by atoms with E-state index in [9.17, 15) is 14.4 Å². The van der Waals surface area contributed by atoms with Crippen molar-refractivity contribution in [3.63, 3.8) is 0 Å². The van der Waals surface area contributed by atoms with Crippen LogP contribution in [-0.2, 0) is 6.54 Å². The van der Waals surface area contributed by atoms with Gasteiger partial charge in [-0.1, -0.05) is 48.5 Å². The summed E-state index contributed by atoms with van der Waals surface area (Å²) in [5.74, 6) is -0.271. The summed E-state index contributed by atoms with van der Waals surface area (Å²) in [6.45, 7) is 1.32. The molecule has 0 saturated carbocycles. The summed E-state index contributed by atoms with van der Waals surface area (Å²) in [5.41, 5.74) is 1.67. The van der Waals surface area contributed by atoms with Crippen molar-refractivity contribution in [2.45, 2.75) is 25.4 Å². The molecule has 1 saturated heterocycles. The first-order valence-electron chi connectivity index (χ1n) is 11.3. The van der Waals surface area contributed by atoms with Crippen molar-refractivity contribution in [3.05, 3.63) is 98.6 Å². The second kappa shape index (κ2) is 9.61. The number of rotatable bonds is 5. The predicted molar refractivity (Wildman–Crippen MR) is 132 cm³/mol. The van der Waals surface area contributed by atoms with Crippen molar-refractivity contribution in [1.29, 1.82) is 0 Å². The van der Waals surface area contributed by atoms with Gasteiger partial charge in [0.25, 0.3) is 17.4 Å². The fourth-order valence-corrected chi connectivity index (χ4v) is 4.93. The summed E-state index contributed by atoms with van der Waals surface area (Å²) >= 11 is 1.49. The highest BCUT2D eigenvalue weighted by Crippen LogP contribution is 2.19. The standard InChI is InChI=1S/C26H24N4O3S/c31-24(19-12-15-34-17-19)27-20-10-13-29(14-11-20)26(33)23-21-8-4-5-9-22(21)25(32)30(28-23)16-18-6-2-1-3-7-18/h1-9,12,15,17,20H,10-11,13-14,16H2,(H,27,31). The van der Waals surface area contributed by atoms with Crippen LogP contribution < -0.4 is 10.9 Å². The Hall–Kier alpha value is -3.78. The zero-order valence-corrected chi connectivity index (χ0v) is 19.3. The van der Waals surface area contributed by atoms with Crippen LogP contribution in [0.5, 0.6) is 0 Å². The van der Waals surface area contributed by atoms with Gasteiger partial charge in [0, 0.05) is 35.5 Å². The highest BCUT2D eigenvalue weighted by Gasteiger charge is 2.27. The highest BCUT2D eigenvalue weighted by molar-refractivity contribution is 7.08. The van der Waals surface area contributed by atoms with Crippen molar-refractivity contribution < 1.29 is 9.59 Å². The number of benzene rings is 2. The van der Waals surface area contributed by atoms with Gasteiger partial charge in [-0.3, -0.25) is 14.4 Å². The molecule has 3 heterocycles. The van der Waals surface area contributed by atoms with Gasteiger partial charge < -0.3 is 10.2 Å². The van der Waals surface area contributed by atoms with Crippen molar-refractivity contribution in [2.75, 3.05) is 13.1 Å². The topological polar surface area (TPSA) is 84.3 Å². The van der Waals surface area contributed by atoms with Crippen molar-refractivity contribution in [3.8, 4) is 0 Å². The lowest BCUT2D eigenvalue weighted by molar-refractivity contribution is 0.0692. The van der Waals surface area contributed by atoms with E-state index in [2.05, 4.69) is 10.4 Å². The van der Waals surface area contributed by atoms with Crippen molar-refractivity contribution in [1.82, 2.24) is 20.0 Å². The first-order valence-corrected chi connectivity index (χ1v) is 12.2. The number of fused-ring (bicyclic) bond motifs is 1. The number of nitrogens with one attached hydrogen (secondary N) is 1. The number of hydrogen-bond acceptors (Lipinski definition) is 5. The van der Waals surface area contributed by atoms with E-state index in [1.165, 1.54) is 16.0 Å². The van der Waals surface area contributed by atoms with E-state index < -0.39 is 0 Å². The van der Waals surface area contributed by atoms with Gasteiger partial charge >= 0.3 is 0 Å².